The van der Waals surface area contributed by atoms with Gasteiger partial charge in [-0.15, -0.1) is 10.2 Å². The van der Waals surface area contributed by atoms with E-state index in [0.717, 1.165) is 15.7 Å². The van der Waals surface area contributed by atoms with Gasteiger partial charge in [-0.05, 0) is 47.1 Å². The maximum atomic E-state index is 12.4. The highest BCUT2D eigenvalue weighted by atomic mass is 79.9. The first-order chi connectivity index (χ1) is 15.4. The number of aromatic nitrogens is 2. The van der Waals surface area contributed by atoms with Crippen molar-refractivity contribution in [2.45, 2.75) is 6.92 Å². The first-order valence-corrected chi connectivity index (χ1v) is 11.2. The minimum atomic E-state index is -0.712. The highest BCUT2D eigenvalue weighted by molar-refractivity contribution is 9.11. The van der Waals surface area contributed by atoms with E-state index in [-0.39, 0.29) is 18.7 Å². The SMILES string of the molecule is Cc1ccc(-c2ccc(OCCNC(=O)c3cc4cc(Br)cc(Br)c4oc3=O)nn2)cc1. The van der Waals surface area contributed by atoms with Gasteiger partial charge in [0.15, 0.2) is 5.58 Å². The molecule has 9 heteroatoms. The molecule has 4 rings (SSSR count). The fraction of sp³-hybridized carbons (Fsp3) is 0.130. The van der Waals surface area contributed by atoms with Gasteiger partial charge in [0.25, 0.3) is 5.91 Å². The summed E-state index contributed by atoms with van der Waals surface area (Å²) in [5.41, 5.74) is 2.47. The van der Waals surface area contributed by atoms with Gasteiger partial charge >= 0.3 is 5.63 Å². The smallest absolute Gasteiger partial charge is 0.349 e. The fourth-order valence-electron chi connectivity index (χ4n) is 3.01. The van der Waals surface area contributed by atoms with Crippen LogP contribution >= 0.6 is 31.9 Å². The Morgan fingerprint density at radius 3 is 2.56 bits per heavy atom. The van der Waals surface area contributed by atoms with Gasteiger partial charge in [0.2, 0.25) is 5.88 Å². The topological polar surface area (TPSA) is 94.3 Å². The van der Waals surface area contributed by atoms with Gasteiger partial charge in [-0.1, -0.05) is 45.8 Å². The third kappa shape index (κ3) is 5.05. The molecule has 2 aromatic heterocycles. The lowest BCUT2D eigenvalue weighted by molar-refractivity contribution is 0.0943. The van der Waals surface area contributed by atoms with Gasteiger partial charge in [0.1, 0.15) is 12.2 Å². The normalized spacial score (nSPS) is 10.8. The lowest BCUT2D eigenvalue weighted by Crippen LogP contribution is -2.31. The number of aryl methyl sites for hydroxylation is 1. The number of carbonyl (C=O) groups is 1. The van der Waals surface area contributed by atoms with Crippen LogP contribution < -0.4 is 15.7 Å². The summed E-state index contributed by atoms with van der Waals surface area (Å²) < 4.78 is 12.2. The van der Waals surface area contributed by atoms with E-state index in [4.69, 9.17) is 9.15 Å². The van der Waals surface area contributed by atoms with Crippen LogP contribution in [0.3, 0.4) is 0 Å². The number of nitrogens with zero attached hydrogens (tertiary/aromatic N) is 2. The molecule has 0 aliphatic rings. The summed E-state index contributed by atoms with van der Waals surface area (Å²) in [6.45, 7) is 2.37. The van der Waals surface area contributed by atoms with Gasteiger partial charge in [-0.2, -0.15) is 0 Å². The minimum Gasteiger partial charge on any atom is -0.475 e. The predicted octanol–water partition coefficient (Wildman–Crippen LogP) is 4.89. The number of rotatable bonds is 6. The number of ether oxygens (including phenoxy) is 1. The molecule has 0 saturated heterocycles. The molecule has 0 aliphatic carbocycles. The Labute approximate surface area is 200 Å². The molecular weight excluding hydrogens is 542 g/mol. The quantitative estimate of drug-likeness (QED) is 0.267. The van der Waals surface area contributed by atoms with Crippen molar-refractivity contribution < 1.29 is 13.9 Å². The van der Waals surface area contributed by atoms with Crippen LogP contribution in [0.25, 0.3) is 22.2 Å². The molecule has 0 unspecified atom stereocenters. The zero-order valence-electron chi connectivity index (χ0n) is 16.9. The number of halogens is 2. The van der Waals surface area contributed by atoms with Crippen molar-refractivity contribution >= 4 is 48.7 Å². The molecule has 0 radical (unpaired) electrons. The monoisotopic (exact) mass is 557 g/mol. The summed E-state index contributed by atoms with van der Waals surface area (Å²) in [6, 6.07) is 16.6. The summed E-state index contributed by atoms with van der Waals surface area (Å²) >= 11 is 6.73. The van der Waals surface area contributed by atoms with Crippen molar-refractivity contribution in [1.29, 1.82) is 0 Å². The summed E-state index contributed by atoms with van der Waals surface area (Å²) in [5.74, 6) is -0.198. The van der Waals surface area contributed by atoms with E-state index < -0.39 is 11.5 Å². The molecule has 1 amide bonds. The van der Waals surface area contributed by atoms with Crippen LogP contribution in [-0.4, -0.2) is 29.3 Å². The van der Waals surface area contributed by atoms with E-state index in [2.05, 4.69) is 47.4 Å². The molecule has 7 nitrogen and oxygen atoms in total. The second-order valence-corrected chi connectivity index (χ2v) is 8.75. The van der Waals surface area contributed by atoms with Crippen molar-refractivity contribution in [1.82, 2.24) is 15.5 Å². The van der Waals surface area contributed by atoms with Crippen LogP contribution in [0.5, 0.6) is 5.88 Å². The highest BCUT2D eigenvalue weighted by Gasteiger charge is 2.15. The Hall–Kier alpha value is -3.04. The first-order valence-electron chi connectivity index (χ1n) is 9.65. The highest BCUT2D eigenvalue weighted by Crippen LogP contribution is 2.28. The zero-order chi connectivity index (χ0) is 22.7. The van der Waals surface area contributed by atoms with E-state index in [1.807, 2.05) is 37.3 Å². The van der Waals surface area contributed by atoms with Crippen LogP contribution in [0.2, 0.25) is 0 Å². The molecule has 0 saturated carbocycles. The standard InChI is InChI=1S/C23H17Br2N3O4/c1-13-2-4-14(5-3-13)19-6-7-20(28-27-19)31-9-8-26-22(29)17-11-15-10-16(24)12-18(25)21(15)32-23(17)30/h2-7,10-12H,8-9H2,1H3,(H,26,29). The first kappa shape index (κ1) is 22.2. The minimum absolute atomic E-state index is 0.0789. The van der Waals surface area contributed by atoms with E-state index in [1.54, 1.807) is 18.2 Å². The predicted molar refractivity (Wildman–Crippen MR) is 128 cm³/mol. The molecule has 1 N–H and O–H groups in total. The van der Waals surface area contributed by atoms with E-state index >= 15 is 0 Å². The summed E-state index contributed by atoms with van der Waals surface area (Å²) in [6.07, 6.45) is 0. The summed E-state index contributed by atoms with van der Waals surface area (Å²) in [4.78, 5) is 24.7. The third-order valence-electron chi connectivity index (χ3n) is 4.62. The maximum absolute atomic E-state index is 12.4. The lowest BCUT2D eigenvalue weighted by atomic mass is 10.1. The number of nitrogens with one attached hydrogen (secondary N) is 1. The molecule has 0 bridgehead atoms. The molecule has 2 aromatic carbocycles. The van der Waals surface area contributed by atoms with Crippen LogP contribution in [0, 0.1) is 6.92 Å². The van der Waals surface area contributed by atoms with Crippen molar-refractivity contribution in [3.63, 3.8) is 0 Å². The molecule has 0 fully saturated rings. The van der Waals surface area contributed by atoms with Crippen molar-refractivity contribution in [3.05, 3.63) is 85.1 Å². The van der Waals surface area contributed by atoms with Crippen LogP contribution in [0.15, 0.2) is 72.8 Å². The van der Waals surface area contributed by atoms with E-state index in [1.165, 1.54) is 11.6 Å². The van der Waals surface area contributed by atoms with Crippen LogP contribution in [0.4, 0.5) is 0 Å². The maximum Gasteiger partial charge on any atom is 0.349 e. The number of fused-ring (bicyclic) bond motifs is 1. The van der Waals surface area contributed by atoms with Crippen LogP contribution in [-0.2, 0) is 0 Å². The molecule has 0 aliphatic heterocycles. The fourth-order valence-corrected chi connectivity index (χ4v) is 4.35. The van der Waals surface area contributed by atoms with Gasteiger partial charge in [-0.3, -0.25) is 4.79 Å². The average Bonchev–Trinajstić information content (AvgIpc) is 2.78. The largest absolute Gasteiger partial charge is 0.475 e. The number of amides is 1. The Morgan fingerprint density at radius 1 is 1.06 bits per heavy atom. The average molecular weight is 559 g/mol. The third-order valence-corrected chi connectivity index (χ3v) is 5.67. The molecule has 162 valence electrons. The molecule has 0 spiro atoms. The number of hydrogen-bond donors (Lipinski definition) is 1. The van der Waals surface area contributed by atoms with Gasteiger partial charge in [-0.25, -0.2) is 4.79 Å². The number of benzene rings is 2. The molecule has 4 aromatic rings. The van der Waals surface area contributed by atoms with Gasteiger partial charge < -0.3 is 14.5 Å². The molecular formula is C23H17Br2N3O4. The number of hydrogen-bond acceptors (Lipinski definition) is 6. The Bertz CT molecular complexity index is 1340. The van der Waals surface area contributed by atoms with Crippen molar-refractivity contribution in [3.8, 4) is 17.1 Å². The van der Waals surface area contributed by atoms with Crippen molar-refractivity contribution in [2.24, 2.45) is 0 Å². The van der Waals surface area contributed by atoms with Gasteiger partial charge in [0.05, 0.1) is 16.7 Å². The second-order valence-electron chi connectivity index (χ2n) is 6.98. The Balaban J connectivity index is 1.35. The summed E-state index contributed by atoms with van der Waals surface area (Å²) in [7, 11) is 0. The Kier molecular flexibility index (Phi) is 6.66. The summed E-state index contributed by atoms with van der Waals surface area (Å²) in [5, 5.41) is 11.5. The molecule has 0 atom stereocenters. The zero-order valence-corrected chi connectivity index (χ0v) is 20.1. The van der Waals surface area contributed by atoms with Crippen LogP contribution in [0.1, 0.15) is 15.9 Å². The van der Waals surface area contributed by atoms with Crippen molar-refractivity contribution in [2.75, 3.05) is 13.2 Å². The number of carbonyl (C=O) groups excluding carboxylic acids is 1. The second kappa shape index (κ2) is 9.62. The lowest BCUT2D eigenvalue weighted by Gasteiger charge is -2.08. The molecule has 2 heterocycles. The Morgan fingerprint density at radius 2 is 1.84 bits per heavy atom. The molecule has 32 heavy (non-hydrogen) atoms. The van der Waals surface area contributed by atoms with Gasteiger partial charge in [0, 0.05) is 21.5 Å². The van der Waals surface area contributed by atoms with E-state index in [0.29, 0.717) is 21.3 Å². The van der Waals surface area contributed by atoms with E-state index in [9.17, 15) is 9.59 Å².